The maximum Gasteiger partial charge on any atom is 0.321 e. The topological polar surface area (TPSA) is 82.1 Å². The Hall–Kier alpha value is -3.75. The molecule has 0 saturated heterocycles. The summed E-state index contributed by atoms with van der Waals surface area (Å²) in [6, 6.07) is 20.1. The van der Waals surface area contributed by atoms with Crippen LogP contribution in [-0.4, -0.2) is 65.7 Å². The summed E-state index contributed by atoms with van der Waals surface area (Å²) < 4.78 is 19.7. The highest BCUT2D eigenvalue weighted by molar-refractivity contribution is 6.01. The average molecular weight is 520 g/mol. The van der Waals surface area contributed by atoms with E-state index in [0.29, 0.717) is 24.4 Å². The van der Waals surface area contributed by atoms with Crippen LogP contribution in [0.3, 0.4) is 0 Å². The lowest BCUT2D eigenvalue weighted by Gasteiger charge is -2.35. The molecule has 3 aromatic rings. The number of ether oxygens (including phenoxy) is 1. The number of aliphatic hydroxyl groups is 1. The van der Waals surface area contributed by atoms with Gasteiger partial charge in [0, 0.05) is 37.3 Å². The first-order valence-corrected chi connectivity index (χ1v) is 12.8. The smallest absolute Gasteiger partial charge is 0.321 e. The average Bonchev–Trinajstić information content (AvgIpc) is 2.95. The second-order valence-corrected chi connectivity index (χ2v) is 9.84. The van der Waals surface area contributed by atoms with E-state index in [9.17, 15) is 19.1 Å². The summed E-state index contributed by atoms with van der Waals surface area (Å²) >= 11 is 0. The minimum Gasteiger partial charge on any atom is -0.394 e. The van der Waals surface area contributed by atoms with Gasteiger partial charge in [-0.15, -0.1) is 0 Å². The van der Waals surface area contributed by atoms with Crippen molar-refractivity contribution in [1.29, 1.82) is 0 Å². The van der Waals surface area contributed by atoms with Crippen LogP contribution in [0, 0.1) is 11.7 Å². The highest BCUT2D eigenvalue weighted by Gasteiger charge is 2.31. The third-order valence-corrected chi connectivity index (χ3v) is 6.99. The molecular formula is C30H34FN3O4. The van der Waals surface area contributed by atoms with Crippen molar-refractivity contribution >= 4 is 17.6 Å². The Kier molecular flexibility index (Phi) is 8.76. The number of rotatable bonds is 5. The third-order valence-electron chi connectivity index (χ3n) is 6.99. The number of fused-ring (bicyclic) bond motifs is 3. The molecule has 0 fully saturated rings. The fourth-order valence-electron chi connectivity index (χ4n) is 4.66. The lowest BCUT2D eigenvalue weighted by Crippen LogP contribution is -2.48. The fraction of sp³-hybridized carbons (Fsp3) is 0.333. The Morgan fingerprint density at radius 3 is 2.39 bits per heavy atom. The van der Waals surface area contributed by atoms with E-state index in [1.54, 1.807) is 11.9 Å². The Balaban J connectivity index is 1.64. The van der Waals surface area contributed by atoms with Crippen molar-refractivity contribution in [1.82, 2.24) is 9.80 Å². The van der Waals surface area contributed by atoms with Gasteiger partial charge in [-0.25, -0.2) is 9.18 Å². The quantitative estimate of drug-likeness (QED) is 0.496. The minimum atomic E-state index is -0.408. The zero-order chi connectivity index (χ0) is 27.2. The first kappa shape index (κ1) is 27.3. The summed E-state index contributed by atoms with van der Waals surface area (Å²) in [5.41, 5.74) is 3.71. The van der Waals surface area contributed by atoms with E-state index in [0.717, 1.165) is 16.7 Å². The van der Waals surface area contributed by atoms with E-state index in [1.165, 1.54) is 29.2 Å². The first-order valence-electron chi connectivity index (χ1n) is 12.8. The predicted octanol–water partition coefficient (Wildman–Crippen LogP) is 5.01. The van der Waals surface area contributed by atoms with Crippen LogP contribution < -0.4 is 5.32 Å². The molecule has 200 valence electrons. The van der Waals surface area contributed by atoms with Crippen LogP contribution in [0.25, 0.3) is 11.1 Å². The maximum atomic E-state index is 13.9. The van der Waals surface area contributed by atoms with Gasteiger partial charge in [0.1, 0.15) is 5.82 Å². The van der Waals surface area contributed by atoms with E-state index in [-0.39, 0.29) is 36.8 Å². The van der Waals surface area contributed by atoms with Crippen molar-refractivity contribution in [3.05, 3.63) is 89.7 Å². The molecular weight excluding hydrogens is 485 g/mol. The van der Waals surface area contributed by atoms with Crippen LogP contribution in [0.1, 0.15) is 29.8 Å². The zero-order valence-corrected chi connectivity index (χ0v) is 21.9. The van der Waals surface area contributed by atoms with E-state index >= 15 is 0 Å². The van der Waals surface area contributed by atoms with Gasteiger partial charge in [-0.2, -0.15) is 0 Å². The standard InChI is InChI=1S/C30H34FN3O4/c1-20-16-34(21(2)18-35)29(36)27-11-7-6-10-26(27)25-9-5-4-8-22(25)19-38-28(20)17-33(3)30(37)32-24-14-12-23(31)13-15-24/h4-15,20-21,28,35H,16-19H2,1-3H3,(H,32,37)/t20-,21-,28+/m1/s1. The van der Waals surface area contributed by atoms with Crippen molar-refractivity contribution in [2.45, 2.75) is 32.6 Å². The molecule has 1 heterocycles. The number of nitrogens with one attached hydrogen (secondary N) is 1. The summed E-state index contributed by atoms with van der Waals surface area (Å²) in [6.07, 6.45) is -0.408. The molecule has 4 rings (SSSR count). The lowest BCUT2D eigenvalue weighted by atomic mass is 9.94. The number of nitrogens with zero attached hydrogens (tertiary/aromatic N) is 2. The van der Waals surface area contributed by atoms with Gasteiger partial charge in [-0.05, 0) is 53.9 Å². The molecule has 2 N–H and O–H groups in total. The third kappa shape index (κ3) is 6.20. The number of urea groups is 1. The Labute approximate surface area is 222 Å². The molecule has 0 radical (unpaired) electrons. The van der Waals surface area contributed by atoms with Crippen molar-refractivity contribution in [3.8, 4) is 11.1 Å². The van der Waals surface area contributed by atoms with Crippen molar-refractivity contribution in [2.75, 3.05) is 32.1 Å². The number of hydrogen-bond donors (Lipinski definition) is 2. The number of halogens is 1. The van der Waals surface area contributed by atoms with E-state index in [4.69, 9.17) is 4.74 Å². The normalized spacial score (nSPS) is 18.6. The van der Waals surface area contributed by atoms with Gasteiger partial charge in [0.25, 0.3) is 5.91 Å². The number of likely N-dealkylation sites (N-methyl/N-ethyl adjacent to an activating group) is 1. The molecule has 3 atom stereocenters. The van der Waals surface area contributed by atoms with Gasteiger partial charge in [0.05, 0.1) is 25.4 Å². The highest BCUT2D eigenvalue weighted by Crippen LogP contribution is 2.31. The molecule has 3 aromatic carbocycles. The highest BCUT2D eigenvalue weighted by atomic mass is 19.1. The number of anilines is 1. The fourth-order valence-corrected chi connectivity index (χ4v) is 4.66. The molecule has 0 aliphatic carbocycles. The van der Waals surface area contributed by atoms with Gasteiger partial charge >= 0.3 is 6.03 Å². The lowest BCUT2D eigenvalue weighted by molar-refractivity contribution is -0.0178. The Morgan fingerprint density at radius 2 is 1.71 bits per heavy atom. The molecule has 7 nitrogen and oxygen atoms in total. The Bertz CT molecular complexity index is 1270. The van der Waals surface area contributed by atoms with Gasteiger partial charge in [0.15, 0.2) is 0 Å². The SMILES string of the molecule is C[C@@H]1CN([C@H](C)CO)C(=O)c2ccccc2-c2ccccc2CO[C@H]1CN(C)C(=O)Nc1ccc(F)cc1. The first-order chi connectivity index (χ1) is 18.3. The summed E-state index contributed by atoms with van der Waals surface area (Å²) in [5.74, 6) is -0.701. The second kappa shape index (κ2) is 12.2. The van der Waals surface area contributed by atoms with Crippen LogP contribution in [0.2, 0.25) is 0 Å². The number of amides is 3. The minimum absolute atomic E-state index is 0.160. The summed E-state index contributed by atoms with van der Waals surface area (Å²) in [5, 5.41) is 12.7. The molecule has 8 heteroatoms. The molecule has 0 bridgehead atoms. The summed E-state index contributed by atoms with van der Waals surface area (Å²) in [6.45, 7) is 4.52. The molecule has 0 unspecified atom stereocenters. The molecule has 1 aliphatic heterocycles. The van der Waals surface area contributed by atoms with E-state index in [1.807, 2.05) is 62.4 Å². The molecule has 38 heavy (non-hydrogen) atoms. The molecule has 0 aromatic heterocycles. The predicted molar refractivity (Wildman–Crippen MR) is 145 cm³/mol. The van der Waals surface area contributed by atoms with E-state index < -0.39 is 12.1 Å². The van der Waals surface area contributed by atoms with Crippen LogP contribution in [0.15, 0.2) is 72.8 Å². The van der Waals surface area contributed by atoms with Crippen LogP contribution in [0.4, 0.5) is 14.9 Å². The summed E-state index contributed by atoms with van der Waals surface area (Å²) in [7, 11) is 1.67. The number of hydrogen-bond acceptors (Lipinski definition) is 4. The van der Waals surface area contributed by atoms with Crippen molar-refractivity contribution in [3.63, 3.8) is 0 Å². The van der Waals surface area contributed by atoms with Crippen LogP contribution >= 0.6 is 0 Å². The van der Waals surface area contributed by atoms with Gasteiger partial charge in [-0.1, -0.05) is 49.4 Å². The second-order valence-electron chi connectivity index (χ2n) is 9.84. The number of carbonyl (C=O) groups excluding carboxylic acids is 2. The molecule has 1 aliphatic rings. The number of benzene rings is 3. The van der Waals surface area contributed by atoms with Crippen LogP contribution in [-0.2, 0) is 11.3 Å². The molecule has 3 amide bonds. The monoisotopic (exact) mass is 519 g/mol. The van der Waals surface area contributed by atoms with Gasteiger partial charge in [0.2, 0.25) is 0 Å². The Morgan fingerprint density at radius 1 is 1.08 bits per heavy atom. The number of aliphatic hydroxyl groups excluding tert-OH is 1. The largest absolute Gasteiger partial charge is 0.394 e. The van der Waals surface area contributed by atoms with Crippen LogP contribution in [0.5, 0.6) is 0 Å². The zero-order valence-electron chi connectivity index (χ0n) is 21.9. The maximum absolute atomic E-state index is 13.9. The van der Waals surface area contributed by atoms with E-state index in [2.05, 4.69) is 5.32 Å². The molecule has 0 saturated carbocycles. The summed E-state index contributed by atoms with van der Waals surface area (Å²) in [4.78, 5) is 30.0. The molecule has 0 spiro atoms. The van der Waals surface area contributed by atoms with Gasteiger partial charge in [-0.3, -0.25) is 4.79 Å². The van der Waals surface area contributed by atoms with Gasteiger partial charge < -0.3 is 25.0 Å². The van der Waals surface area contributed by atoms with Crippen molar-refractivity contribution in [2.24, 2.45) is 5.92 Å². The van der Waals surface area contributed by atoms with Crippen molar-refractivity contribution < 1.29 is 23.8 Å². The number of carbonyl (C=O) groups is 2.